The monoisotopic (exact) mass is 316 g/mol. The van der Waals surface area contributed by atoms with Crippen molar-refractivity contribution in [2.24, 2.45) is 5.92 Å². The first-order valence-corrected chi connectivity index (χ1v) is 7.90. The van der Waals surface area contributed by atoms with Gasteiger partial charge in [0.2, 0.25) is 0 Å². The molecule has 2 heterocycles. The lowest BCUT2D eigenvalue weighted by molar-refractivity contribution is -0.274. The molecule has 1 aromatic rings. The lowest BCUT2D eigenvalue weighted by atomic mass is 9.90. The van der Waals surface area contributed by atoms with Gasteiger partial charge in [-0.25, -0.2) is 0 Å². The summed E-state index contributed by atoms with van der Waals surface area (Å²) < 4.78 is 40.6. The number of halogens is 3. The number of benzene rings is 1. The number of alkyl halides is 3. The Kier molecular flexibility index (Phi) is 3.90. The molecule has 2 unspecified atom stereocenters. The van der Waals surface area contributed by atoms with Crippen LogP contribution in [-0.4, -0.2) is 22.6 Å². The summed E-state index contributed by atoms with van der Waals surface area (Å²) in [5, 5.41) is 1.07. The van der Waals surface area contributed by atoms with E-state index in [9.17, 15) is 18.0 Å². The van der Waals surface area contributed by atoms with Crippen molar-refractivity contribution >= 4 is 17.5 Å². The molecule has 2 fully saturated rings. The third kappa shape index (κ3) is 3.54. The van der Waals surface area contributed by atoms with Crippen LogP contribution >= 0.6 is 11.8 Å². The average molecular weight is 316 g/mol. The minimum absolute atomic E-state index is 0.0557. The van der Waals surface area contributed by atoms with Crippen LogP contribution in [0.2, 0.25) is 0 Å². The van der Waals surface area contributed by atoms with Gasteiger partial charge >= 0.3 is 6.36 Å². The van der Waals surface area contributed by atoms with E-state index in [4.69, 9.17) is 0 Å². The van der Waals surface area contributed by atoms with Crippen molar-refractivity contribution < 1.29 is 22.7 Å². The van der Waals surface area contributed by atoms with Gasteiger partial charge < -0.3 is 4.74 Å². The van der Waals surface area contributed by atoms with Crippen LogP contribution in [0.1, 0.15) is 36.0 Å². The number of carbonyl (C=O) groups excluding carboxylic acids is 1. The molecule has 0 saturated carbocycles. The van der Waals surface area contributed by atoms with Gasteiger partial charge in [0.05, 0.1) is 0 Å². The molecule has 2 atom stereocenters. The molecule has 0 radical (unpaired) electrons. The average Bonchev–Trinajstić information content (AvgIpc) is 2.75. The number of hydrogen-bond acceptors (Lipinski definition) is 3. The van der Waals surface area contributed by atoms with E-state index in [1.807, 2.05) is 11.8 Å². The second-order valence-electron chi connectivity index (χ2n) is 5.57. The Labute approximate surface area is 125 Å². The Morgan fingerprint density at radius 1 is 1.19 bits per heavy atom. The van der Waals surface area contributed by atoms with Crippen LogP contribution in [0.25, 0.3) is 0 Å². The van der Waals surface area contributed by atoms with E-state index in [1.54, 1.807) is 6.07 Å². The fourth-order valence-electron chi connectivity index (χ4n) is 3.15. The van der Waals surface area contributed by atoms with Crippen LogP contribution in [0.5, 0.6) is 5.75 Å². The Bertz CT molecular complexity index is 532. The molecule has 0 aromatic heterocycles. The predicted molar refractivity (Wildman–Crippen MR) is 74.6 cm³/mol. The van der Waals surface area contributed by atoms with E-state index in [1.165, 1.54) is 18.2 Å². The fraction of sp³-hybridized carbons (Fsp3) is 0.533. The summed E-state index contributed by atoms with van der Waals surface area (Å²) in [6.45, 7) is 0. The summed E-state index contributed by atoms with van der Waals surface area (Å²) in [6, 6.07) is 5.40. The standard InChI is InChI=1S/C15H15F3O2S/c16-15(17,18)20-11-3-1-2-9(6-11)14(19)10-7-12-4-5-13(8-10)21-12/h1-3,6,10,12-13H,4-5,7-8H2. The van der Waals surface area contributed by atoms with Gasteiger partial charge in [-0.3, -0.25) is 4.79 Å². The number of ether oxygens (including phenoxy) is 1. The molecular weight excluding hydrogens is 301 g/mol. The Morgan fingerprint density at radius 3 is 2.48 bits per heavy atom. The number of thioether (sulfide) groups is 1. The van der Waals surface area contributed by atoms with Gasteiger partial charge in [0.15, 0.2) is 5.78 Å². The van der Waals surface area contributed by atoms with E-state index in [2.05, 4.69) is 4.74 Å². The summed E-state index contributed by atoms with van der Waals surface area (Å²) in [6.07, 6.45) is -0.760. The zero-order chi connectivity index (χ0) is 15.0. The maximum atomic E-state index is 12.5. The molecule has 3 rings (SSSR count). The first kappa shape index (κ1) is 14.8. The lowest BCUT2D eigenvalue weighted by Gasteiger charge is -2.26. The molecule has 21 heavy (non-hydrogen) atoms. The van der Waals surface area contributed by atoms with Crippen molar-refractivity contribution in [2.45, 2.75) is 42.5 Å². The maximum absolute atomic E-state index is 12.5. The first-order valence-electron chi connectivity index (χ1n) is 6.96. The van der Waals surface area contributed by atoms with Gasteiger partial charge in [-0.05, 0) is 37.8 Å². The Hall–Kier alpha value is -1.17. The molecule has 0 aliphatic carbocycles. The zero-order valence-corrected chi connectivity index (χ0v) is 12.0. The number of fused-ring (bicyclic) bond motifs is 2. The highest BCUT2D eigenvalue weighted by Crippen LogP contribution is 2.46. The minimum Gasteiger partial charge on any atom is -0.406 e. The molecular formula is C15H15F3O2S. The van der Waals surface area contributed by atoms with Crippen molar-refractivity contribution in [2.75, 3.05) is 0 Å². The molecule has 6 heteroatoms. The Balaban J connectivity index is 1.74. The number of rotatable bonds is 3. The van der Waals surface area contributed by atoms with Gasteiger partial charge in [-0.1, -0.05) is 12.1 Å². The van der Waals surface area contributed by atoms with Gasteiger partial charge in [0.25, 0.3) is 0 Å². The molecule has 0 amide bonds. The smallest absolute Gasteiger partial charge is 0.406 e. The molecule has 2 aliphatic heterocycles. The SMILES string of the molecule is O=C(c1cccc(OC(F)(F)F)c1)C1CC2CCC(C1)S2. The second kappa shape index (κ2) is 5.55. The maximum Gasteiger partial charge on any atom is 0.573 e. The number of ketones is 1. The molecule has 2 aliphatic rings. The fourth-order valence-corrected chi connectivity index (χ4v) is 4.93. The largest absolute Gasteiger partial charge is 0.573 e. The van der Waals surface area contributed by atoms with Gasteiger partial charge in [0, 0.05) is 22.0 Å². The molecule has 2 saturated heterocycles. The zero-order valence-electron chi connectivity index (χ0n) is 11.2. The van der Waals surface area contributed by atoms with Crippen molar-refractivity contribution in [3.05, 3.63) is 29.8 Å². The minimum atomic E-state index is -4.73. The molecule has 2 nitrogen and oxygen atoms in total. The third-order valence-electron chi connectivity index (χ3n) is 4.01. The lowest BCUT2D eigenvalue weighted by Crippen LogP contribution is -2.25. The molecule has 0 spiro atoms. The van der Waals surface area contributed by atoms with Crippen LogP contribution in [-0.2, 0) is 0 Å². The normalized spacial score (nSPS) is 28.4. The van der Waals surface area contributed by atoms with E-state index >= 15 is 0 Å². The number of carbonyl (C=O) groups is 1. The molecule has 114 valence electrons. The molecule has 1 aromatic carbocycles. The van der Waals surface area contributed by atoms with Gasteiger partial charge in [0.1, 0.15) is 5.75 Å². The van der Waals surface area contributed by atoms with Crippen LogP contribution in [0.4, 0.5) is 13.2 Å². The second-order valence-corrected chi connectivity index (χ2v) is 7.17. The number of Topliss-reactive ketones (excluding diaryl/α,β-unsaturated/α-hetero) is 1. The van der Waals surface area contributed by atoms with E-state index in [-0.39, 0.29) is 17.5 Å². The highest BCUT2D eigenvalue weighted by molar-refractivity contribution is 8.00. The molecule has 2 bridgehead atoms. The summed E-state index contributed by atoms with van der Waals surface area (Å²) >= 11 is 1.95. The van der Waals surface area contributed by atoms with E-state index < -0.39 is 6.36 Å². The predicted octanol–water partition coefficient (Wildman–Crippen LogP) is 4.44. The van der Waals surface area contributed by atoms with E-state index in [0.717, 1.165) is 25.7 Å². The van der Waals surface area contributed by atoms with Gasteiger partial charge in [-0.2, -0.15) is 11.8 Å². The van der Waals surface area contributed by atoms with Crippen molar-refractivity contribution in [1.82, 2.24) is 0 Å². The van der Waals surface area contributed by atoms with Crippen LogP contribution in [0, 0.1) is 5.92 Å². The van der Waals surface area contributed by atoms with Crippen molar-refractivity contribution in [1.29, 1.82) is 0 Å². The van der Waals surface area contributed by atoms with Gasteiger partial charge in [-0.15, -0.1) is 13.2 Å². The quantitative estimate of drug-likeness (QED) is 0.771. The number of hydrogen-bond donors (Lipinski definition) is 0. The Morgan fingerprint density at radius 2 is 1.86 bits per heavy atom. The van der Waals surface area contributed by atoms with E-state index in [0.29, 0.717) is 16.1 Å². The van der Waals surface area contributed by atoms with Crippen molar-refractivity contribution in [3.8, 4) is 5.75 Å². The highest BCUT2D eigenvalue weighted by Gasteiger charge is 2.38. The summed E-state index contributed by atoms with van der Waals surface area (Å²) in [7, 11) is 0. The van der Waals surface area contributed by atoms with Crippen LogP contribution in [0.3, 0.4) is 0 Å². The third-order valence-corrected chi connectivity index (χ3v) is 5.64. The summed E-state index contributed by atoms with van der Waals surface area (Å²) in [5.74, 6) is -0.453. The van der Waals surface area contributed by atoms with Crippen LogP contribution in [0.15, 0.2) is 24.3 Å². The highest BCUT2D eigenvalue weighted by atomic mass is 32.2. The topological polar surface area (TPSA) is 26.3 Å². The summed E-state index contributed by atoms with van der Waals surface area (Å²) in [5.41, 5.74) is 0.313. The van der Waals surface area contributed by atoms with Crippen molar-refractivity contribution in [3.63, 3.8) is 0 Å². The first-order chi connectivity index (χ1) is 9.90. The van der Waals surface area contributed by atoms with Crippen LogP contribution < -0.4 is 4.74 Å². The summed E-state index contributed by atoms with van der Waals surface area (Å²) in [4.78, 5) is 12.5. The molecule has 0 N–H and O–H groups in total.